The number of nitrogens with one attached hydrogen (secondary N) is 1. The molecule has 94 valence electrons. The first-order chi connectivity index (χ1) is 8.58. The molecule has 1 N–H and O–H groups in total. The smallest absolute Gasteiger partial charge is 0.128 e. The Balaban J connectivity index is 2.19. The van der Waals surface area contributed by atoms with E-state index in [9.17, 15) is 4.39 Å². The number of nitrogens with zero attached hydrogens (tertiary/aromatic N) is 1. The standard InChI is InChI=1S/C14H14BrFN2/c1-9-7-14(17-8-12(9)15)18-10(2)11-5-3-4-6-13(11)16/h3-8,10H,1-2H3,(H,17,18). The van der Waals surface area contributed by atoms with Gasteiger partial charge in [0.1, 0.15) is 11.6 Å². The molecule has 0 aliphatic carbocycles. The zero-order valence-electron chi connectivity index (χ0n) is 10.2. The van der Waals surface area contributed by atoms with Gasteiger partial charge in [-0.1, -0.05) is 18.2 Å². The average Bonchev–Trinajstić information content (AvgIpc) is 2.34. The van der Waals surface area contributed by atoms with Gasteiger partial charge in [0.2, 0.25) is 0 Å². The van der Waals surface area contributed by atoms with Gasteiger partial charge in [0.25, 0.3) is 0 Å². The minimum Gasteiger partial charge on any atom is -0.363 e. The van der Waals surface area contributed by atoms with Crippen LogP contribution in [-0.4, -0.2) is 4.98 Å². The topological polar surface area (TPSA) is 24.9 Å². The monoisotopic (exact) mass is 308 g/mol. The van der Waals surface area contributed by atoms with Crippen LogP contribution in [0.15, 0.2) is 41.0 Å². The summed E-state index contributed by atoms with van der Waals surface area (Å²) in [5.41, 5.74) is 1.73. The number of aromatic nitrogens is 1. The van der Waals surface area contributed by atoms with Crippen molar-refractivity contribution in [2.24, 2.45) is 0 Å². The van der Waals surface area contributed by atoms with Crippen molar-refractivity contribution < 1.29 is 4.39 Å². The summed E-state index contributed by atoms with van der Waals surface area (Å²) in [4.78, 5) is 4.25. The SMILES string of the molecule is Cc1cc(NC(C)c2ccccc2F)ncc1Br. The summed E-state index contributed by atoms with van der Waals surface area (Å²) in [6.07, 6.45) is 1.74. The first kappa shape index (κ1) is 13.0. The molecule has 1 heterocycles. The molecule has 1 aromatic carbocycles. The lowest BCUT2D eigenvalue weighted by molar-refractivity contribution is 0.600. The van der Waals surface area contributed by atoms with Crippen molar-refractivity contribution in [3.8, 4) is 0 Å². The van der Waals surface area contributed by atoms with E-state index in [0.717, 1.165) is 15.9 Å². The predicted octanol–water partition coefficient (Wildman–Crippen LogP) is 4.46. The number of anilines is 1. The van der Waals surface area contributed by atoms with Crippen molar-refractivity contribution in [3.05, 3.63) is 57.9 Å². The Morgan fingerprint density at radius 3 is 2.72 bits per heavy atom. The summed E-state index contributed by atoms with van der Waals surface area (Å²) < 4.78 is 14.6. The van der Waals surface area contributed by atoms with E-state index in [2.05, 4.69) is 26.2 Å². The van der Waals surface area contributed by atoms with Crippen molar-refractivity contribution >= 4 is 21.7 Å². The van der Waals surface area contributed by atoms with Crippen LogP contribution in [0.1, 0.15) is 24.1 Å². The molecule has 1 unspecified atom stereocenters. The van der Waals surface area contributed by atoms with Crippen LogP contribution in [0.3, 0.4) is 0 Å². The highest BCUT2D eigenvalue weighted by molar-refractivity contribution is 9.10. The maximum absolute atomic E-state index is 13.6. The van der Waals surface area contributed by atoms with Crippen LogP contribution < -0.4 is 5.32 Å². The molecule has 2 nitrogen and oxygen atoms in total. The van der Waals surface area contributed by atoms with Crippen LogP contribution in [0.4, 0.5) is 10.2 Å². The van der Waals surface area contributed by atoms with Gasteiger partial charge in [-0.2, -0.15) is 0 Å². The van der Waals surface area contributed by atoms with Crippen LogP contribution in [0.5, 0.6) is 0 Å². The second-order valence-electron chi connectivity index (χ2n) is 4.21. The number of pyridine rings is 1. The summed E-state index contributed by atoms with van der Waals surface area (Å²) in [6.45, 7) is 3.90. The molecule has 0 radical (unpaired) electrons. The third-order valence-electron chi connectivity index (χ3n) is 2.78. The summed E-state index contributed by atoms with van der Waals surface area (Å²) in [7, 11) is 0. The molecule has 0 amide bonds. The van der Waals surface area contributed by atoms with E-state index in [1.54, 1.807) is 18.3 Å². The molecule has 4 heteroatoms. The maximum atomic E-state index is 13.6. The van der Waals surface area contributed by atoms with Crippen molar-refractivity contribution in [1.29, 1.82) is 0 Å². The van der Waals surface area contributed by atoms with Crippen molar-refractivity contribution in [2.75, 3.05) is 5.32 Å². The highest BCUT2D eigenvalue weighted by Gasteiger charge is 2.10. The second-order valence-corrected chi connectivity index (χ2v) is 5.06. The number of aryl methyl sites for hydroxylation is 1. The molecule has 0 bridgehead atoms. The zero-order chi connectivity index (χ0) is 13.1. The fourth-order valence-corrected chi connectivity index (χ4v) is 1.96. The van der Waals surface area contributed by atoms with Crippen molar-refractivity contribution in [3.63, 3.8) is 0 Å². The first-order valence-electron chi connectivity index (χ1n) is 5.71. The van der Waals surface area contributed by atoms with E-state index >= 15 is 0 Å². The van der Waals surface area contributed by atoms with E-state index in [1.807, 2.05) is 26.0 Å². The van der Waals surface area contributed by atoms with Gasteiger partial charge < -0.3 is 5.32 Å². The fraction of sp³-hybridized carbons (Fsp3) is 0.214. The molecular weight excluding hydrogens is 295 g/mol. The summed E-state index contributed by atoms with van der Waals surface area (Å²) >= 11 is 3.40. The molecule has 0 saturated heterocycles. The van der Waals surface area contributed by atoms with Crippen molar-refractivity contribution in [2.45, 2.75) is 19.9 Å². The van der Waals surface area contributed by atoms with Gasteiger partial charge in [-0.05, 0) is 47.5 Å². The van der Waals surface area contributed by atoms with E-state index in [0.29, 0.717) is 5.56 Å². The molecule has 0 spiro atoms. The largest absolute Gasteiger partial charge is 0.363 e. The summed E-state index contributed by atoms with van der Waals surface area (Å²) in [5.74, 6) is 0.540. The molecule has 18 heavy (non-hydrogen) atoms. The Bertz CT molecular complexity index is 557. The molecular formula is C14H14BrFN2. The van der Waals surface area contributed by atoms with Gasteiger partial charge in [-0.15, -0.1) is 0 Å². The molecule has 0 aliphatic heterocycles. The van der Waals surface area contributed by atoms with Crippen LogP contribution in [0.2, 0.25) is 0 Å². The average molecular weight is 309 g/mol. The lowest BCUT2D eigenvalue weighted by Gasteiger charge is -2.16. The maximum Gasteiger partial charge on any atom is 0.128 e. The van der Waals surface area contributed by atoms with Gasteiger partial charge in [0.15, 0.2) is 0 Å². The van der Waals surface area contributed by atoms with Crippen LogP contribution >= 0.6 is 15.9 Å². The zero-order valence-corrected chi connectivity index (χ0v) is 11.8. The van der Waals surface area contributed by atoms with Gasteiger partial charge in [0.05, 0.1) is 6.04 Å². The third kappa shape index (κ3) is 2.88. The minimum absolute atomic E-state index is 0.126. The van der Waals surface area contributed by atoms with Gasteiger partial charge in [-0.3, -0.25) is 0 Å². The van der Waals surface area contributed by atoms with Gasteiger partial charge >= 0.3 is 0 Å². The van der Waals surface area contributed by atoms with Gasteiger partial charge in [-0.25, -0.2) is 9.37 Å². The number of hydrogen-bond acceptors (Lipinski definition) is 2. The molecule has 2 aromatic rings. The van der Waals surface area contributed by atoms with Crippen LogP contribution in [-0.2, 0) is 0 Å². The number of hydrogen-bond donors (Lipinski definition) is 1. The van der Waals surface area contributed by atoms with Crippen LogP contribution in [0, 0.1) is 12.7 Å². The van der Waals surface area contributed by atoms with Gasteiger partial charge in [0, 0.05) is 16.2 Å². The highest BCUT2D eigenvalue weighted by Crippen LogP contribution is 2.23. The number of benzene rings is 1. The Kier molecular flexibility index (Phi) is 3.97. The lowest BCUT2D eigenvalue weighted by Crippen LogP contribution is -2.09. The normalized spacial score (nSPS) is 12.2. The Hall–Kier alpha value is -1.42. The number of rotatable bonds is 3. The fourth-order valence-electron chi connectivity index (χ4n) is 1.74. The van der Waals surface area contributed by atoms with Crippen molar-refractivity contribution in [1.82, 2.24) is 4.98 Å². The number of halogens is 2. The minimum atomic E-state index is -0.202. The lowest BCUT2D eigenvalue weighted by atomic mass is 10.1. The first-order valence-corrected chi connectivity index (χ1v) is 6.50. The second kappa shape index (κ2) is 5.48. The molecule has 1 aromatic heterocycles. The molecule has 2 rings (SSSR count). The van der Waals surface area contributed by atoms with E-state index in [4.69, 9.17) is 0 Å². The van der Waals surface area contributed by atoms with E-state index in [-0.39, 0.29) is 11.9 Å². The molecule has 1 atom stereocenters. The molecule has 0 aliphatic rings. The third-order valence-corrected chi connectivity index (χ3v) is 3.61. The molecule has 0 saturated carbocycles. The van der Waals surface area contributed by atoms with E-state index in [1.165, 1.54) is 6.07 Å². The van der Waals surface area contributed by atoms with Crippen LogP contribution in [0.25, 0.3) is 0 Å². The quantitative estimate of drug-likeness (QED) is 0.905. The summed E-state index contributed by atoms with van der Waals surface area (Å²) in [5, 5.41) is 3.20. The summed E-state index contributed by atoms with van der Waals surface area (Å²) in [6, 6.07) is 8.57. The Labute approximate surface area is 114 Å². The highest BCUT2D eigenvalue weighted by atomic mass is 79.9. The van der Waals surface area contributed by atoms with E-state index < -0.39 is 0 Å². The predicted molar refractivity (Wildman–Crippen MR) is 75.1 cm³/mol. The Morgan fingerprint density at radius 2 is 2.06 bits per heavy atom. The molecule has 0 fully saturated rings. The Morgan fingerprint density at radius 1 is 1.33 bits per heavy atom.